The zero-order valence-corrected chi connectivity index (χ0v) is 15.6. The molecule has 0 heterocycles. The van der Waals surface area contributed by atoms with E-state index in [9.17, 15) is 8.78 Å². The van der Waals surface area contributed by atoms with Gasteiger partial charge in [-0.3, -0.25) is 0 Å². The van der Waals surface area contributed by atoms with Crippen LogP contribution in [-0.4, -0.2) is 0 Å². The van der Waals surface area contributed by atoms with Gasteiger partial charge < -0.3 is 0 Å². The van der Waals surface area contributed by atoms with Gasteiger partial charge in [0.15, 0.2) is 11.6 Å². The van der Waals surface area contributed by atoms with Gasteiger partial charge in [0.05, 0.1) is 5.56 Å². The fourth-order valence-corrected chi connectivity index (χ4v) is 4.13. The molecule has 0 aliphatic heterocycles. The molecular formula is C24H26F2. The van der Waals surface area contributed by atoms with Gasteiger partial charge in [0.1, 0.15) is 0 Å². The lowest BCUT2D eigenvalue weighted by Gasteiger charge is -2.28. The molecule has 1 aliphatic carbocycles. The second-order valence-corrected chi connectivity index (χ2v) is 7.29. The van der Waals surface area contributed by atoms with Gasteiger partial charge in [-0.25, -0.2) is 8.78 Å². The van der Waals surface area contributed by atoms with Crippen LogP contribution in [0, 0.1) is 29.4 Å². The molecule has 0 aromatic heterocycles. The quantitative estimate of drug-likeness (QED) is 0.516. The van der Waals surface area contributed by atoms with Gasteiger partial charge in [0.25, 0.3) is 0 Å². The van der Waals surface area contributed by atoms with Gasteiger partial charge in [0, 0.05) is 5.56 Å². The Hall–Kier alpha value is -2.14. The van der Waals surface area contributed by atoms with Crippen molar-refractivity contribution in [3.8, 4) is 23.0 Å². The summed E-state index contributed by atoms with van der Waals surface area (Å²) < 4.78 is 28.5. The summed E-state index contributed by atoms with van der Waals surface area (Å²) >= 11 is 0. The van der Waals surface area contributed by atoms with Crippen molar-refractivity contribution in [1.82, 2.24) is 0 Å². The fourth-order valence-electron chi connectivity index (χ4n) is 4.13. The number of benzene rings is 2. The molecule has 1 saturated carbocycles. The van der Waals surface area contributed by atoms with Gasteiger partial charge >= 0.3 is 0 Å². The molecule has 0 spiro atoms. The molecule has 0 amide bonds. The van der Waals surface area contributed by atoms with Crippen LogP contribution >= 0.6 is 0 Å². The van der Waals surface area contributed by atoms with E-state index >= 15 is 0 Å². The molecule has 3 rings (SSSR count). The highest BCUT2D eigenvalue weighted by Crippen LogP contribution is 2.38. The first-order valence-corrected chi connectivity index (χ1v) is 9.65. The van der Waals surface area contributed by atoms with E-state index in [0.717, 1.165) is 5.92 Å². The lowest BCUT2D eigenvalue weighted by atomic mass is 9.77. The largest absolute Gasteiger partial charge is 0.203 e. The van der Waals surface area contributed by atoms with E-state index in [-0.39, 0.29) is 5.56 Å². The highest BCUT2D eigenvalue weighted by atomic mass is 19.2. The lowest BCUT2D eigenvalue weighted by molar-refractivity contribution is 0.308. The maximum Gasteiger partial charge on any atom is 0.175 e. The van der Waals surface area contributed by atoms with Crippen molar-refractivity contribution in [3.63, 3.8) is 0 Å². The summed E-state index contributed by atoms with van der Waals surface area (Å²) in [7, 11) is 0. The molecule has 2 aromatic carbocycles. The molecule has 2 aromatic rings. The monoisotopic (exact) mass is 352 g/mol. The van der Waals surface area contributed by atoms with Gasteiger partial charge in [-0.15, -0.1) is 5.92 Å². The molecule has 0 saturated heterocycles. The SMILES string of the molecule is CC#Cc1ccc(-c2ccc([C@H]3CC[C@H](CCC)CC3)cc2)c(F)c1F. The average molecular weight is 352 g/mol. The summed E-state index contributed by atoms with van der Waals surface area (Å²) in [5, 5.41) is 0. The van der Waals surface area contributed by atoms with Crippen LogP contribution in [0.4, 0.5) is 8.78 Å². The van der Waals surface area contributed by atoms with Crippen molar-refractivity contribution in [2.24, 2.45) is 5.92 Å². The van der Waals surface area contributed by atoms with E-state index in [2.05, 4.69) is 30.9 Å². The third kappa shape index (κ3) is 3.98. The summed E-state index contributed by atoms with van der Waals surface area (Å²) in [5.74, 6) is 5.00. The Morgan fingerprint density at radius 3 is 2.23 bits per heavy atom. The van der Waals surface area contributed by atoms with Crippen molar-refractivity contribution in [2.45, 2.75) is 58.3 Å². The number of hydrogen-bond acceptors (Lipinski definition) is 0. The van der Waals surface area contributed by atoms with Crippen molar-refractivity contribution in [3.05, 3.63) is 59.2 Å². The Morgan fingerprint density at radius 1 is 0.923 bits per heavy atom. The van der Waals surface area contributed by atoms with E-state index in [1.165, 1.54) is 44.1 Å². The molecule has 136 valence electrons. The lowest BCUT2D eigenvalue weighted by Crippen LogP contribution is -2.13. The number of rotatable bonds is 4. The molecule has 0 unspecified atom stereocenters. The Bertz CT molecular complexity index is 801. The summed E-state index contributed by atoms with van der Waals surface area (Å²) in [6.45, 7) is 3.87. The van der Waals surface area contributed by atoms with Crippen LogP contribution in [0.25, 0.3) is 11.1 Å². The van der Waals surface area contributed by atoms with Crippen LogP contribution in [-0.2, 0) is 0 Å². The van der Waals surface area contributed by atoms with E-state index in [4.69, 9.17) is 0 Å². The third-order valence-electron chi connectivity index (χ3n) is 5.58. The van der Waals surface area contributed by atoms with Crippen LogP contribution in [0.3, 0.4) is 0 Å². The molecule has 1 fully saturated rings. The molecule has 2 heteroatoms. The smallest absolute Gasteiger partial charge is 0.175 e. The molecule has 0 bridgehead atoms. The third-order valence-corrected chi connectivity index (χ3v) is 5.58. The second kappa shape index (κ2) is 8.49. The van der Waals surface area contributed by atoms with Crippen LogP contribution in [0.1, 0.15) is 69.4 Å². The number of hydrogen-bond donors (Lipinski definition) is 0. The highest BCUT2D eigenvalue weighted by molar-refractivity contribution is 5.66. The Morgan fingerprint density at radius 2 is 1.62 bits per heavy atom. The molecule has 26 heavy (non-hydrogen) atoms. The van der Waals surface area contributed by atoms with Gasteiger partial charge in [-0.05, 0) is 67.7 Å². The minimum Gasteiger partial charge on any atom is -0.203 e. The predicted octanol–water partition coefficient (Wildman–Crippen LogP) is 7.08. The highest BCUT2D eigenvalue weighted by Gasteiger charge is 2.22. The molecule has 0 N–H and O–H groups in total. The minimum atomic E-state index is -0.866. The Kier molecular flexibility index (Phi) is 6.09. The fraction of sp³-hybridized carbons (Fsp3) is 0.417. The summed E-state index contributed by atoms with van der Waals surface area (Å²) in [4.78, 5) is 0. The molecule has 0 radical (unpaired) electrons. The van der Waals surface area contributed by atoms with Crippen molar-refractivity contribution < 1.29 is 8.78 Å². The maximum atomic E-state index is 14.4. The molecular weight excluding hydrogens is 326 g/mol. The zero-order valence-electron chi connectivity index (χ0n) is 15.6. The first kappa shape index (κ1) is 18.6. The molecule has 1 aliphatic rings. The zero-order chi connectivity index (χ0) is 18.5. The number of halogens is 2. The summed E-state index contributed by atoms with van der Waals surface area (Å²) in [6.07, 6.45) is 7.69. The topological polar surface area (TPSA) is 0 Å². The van der Waals surface area contributed by atoms with Crippen LogP contribution in [0.15, 0.2) is 36.4 Å². The van der Waals surface area contributed by atoms with E-state index in [1.54, 1.807) is 19.1 Å². The summed E-state index contributed by atoms with van der Waals surface area (Å²) in [5.41, 5.74) is 2.43. The normalized spacial score (nSPS) is 19.7. The minimum absolute atomic E-state index is 0.106. The molecule has 0 nitrogen and oxygen atoms in total. The van der Waals surface area contributed by atoms with E-state index in [0.29, 0.717) is 17.0 Å². The predicted molar refractivity (Wildman–Crippen MR) is 104 cm³/mol. The van der Waals surface area contributed by atoms with Crippen molar-refractivity contribution in [1.29, 1.82) is 0 Å². The molecule has 0 atom stereocenters. The van der Waals surface area contributed by atoms with Gasteiger partial charge in [-0.2, -0.15) is 0 Å². The van der Waals surface area contributed by atoms with Crippen LogP contribution in [0.2, 0.25) is 0 Å². The van der Waals surface area contributed by atoms with E-state index in [1.807, 2.05) is 12.1 Å². The first-order chi connectivity index (χ1) is 12.6. The second-order valence-electron chi connectivity index (χ2n) is 7.29. The van der Waals surface area contributed by atoms with E-state index < -0.39 is 11.6 Å². The average Bonchev–Trinajstić information content (AvgIpc) is 2.67. The van der Waals surface area contributed by atoms with Crippen LogP contribution < -0.4 is 0 Å². The maximum absolute atomic E-state index is 14.4. The summed E-state index contributed by atoms with van der Waals surface area (Å²) in [6, 6.07) is 11.2. The van der Waals surface area contributed by atoms with Crippen LogP contribution in [0.5, 0.6) is 0 Å². The standard InChI is InChI=1S/C24H26F2/c1-3-5-17-7-9-18(10-8-17)19-11-13-20(14-12-19)22-16-15-21(6-4-2)23(25)24(22)26/h11-18H,3,5,7-10H2,1-2H3/t17-,18-. The Balaban J connectivity index is 1.76. The van der Waals surface area contributed by atoms with Gasteiger partial charge in [-0.1, -0.05) is 50.0 Å². The van der Waals surface area contributed by atoms with Crippen molar-refractivity contribution >= 4 is 0 Å². The van der Waals surface area contributed by atoms with Crippen molar-refractivity contribution in [2.75, 3.05) is 0 Å². The van der Waals surface area contributed by atoms with Gasteiger partial charge in [0.2, 0.25) is 0 Å². The Labute approximate surface area is 155 Å². The first-order valence-electron chi connectivity index (χ1n) is 9.65.